The molecule has 0 saturated heterocycles. The fourth-order valence-electron chi connectivity index (χ4n) is 5.91. The third-order valence-electron chi connectivity index (χ3n) is 8.41. The second kappa shape index (κ2) is 13.1. The monoisotopic (exact) mass is 614 g/mol. The molecular formula is C44H30N4. The van der Waals surface area contributed by atoms with Gasteiger partial charge < -0.3 is 0 Å². The van der Waals surface area contributed by atoms with Gasteiger partial charge in [0.25, 0.3) is 0 Å². The van der Waals surface area contributed by atoms with Crippen LogP contribution in [0.4, 0.5) is 0 Å². The Morgan fingerprint density at radius 2 is 0.646 bits per heavy atom. The number of hydrogen-bond acceptors (Lipinski definition) is 4. The van der Waals surface area contributed by atoms with E-state index < -0.39 is 0 Å². The fraction of sp³-hybridized carbons (Fsp3) is 0. The average Bonchev–Trinajstić information content (AvgIpc) is 3.19. The Hall–Kier alpha value is -6.52. The van der Waals surface area contributed by atoms with Crippen LogP contribution in [0.3, 0.4) is 0 Å². The van der Waals surface area contributed by atoms with Gasteiger partial charge in [-0.25, -0.2) is 9.97 Å². The SMILES string of the molecule is c1ccc(-c2cc(-c3cc(-c4ccc(-c5ccccn5)cc4)cc(-c4ccc(-c5ccccn5)cc4)c3)nc(-c3ccccc3)n2)cc1. The third-order valence-corrected chi connectivity index (χ3v) is 8.41. The summed E-state index contributed by atoms with van der Waals surface area (Å²) in [5.74, 6) is 0.693. The van der Waals surface area contributed by atoms with Crippen LogP contribution in [0.2, 0.25) is 0 Å². The normalized spacial score (nSPS) is 10.9. The van der Waals surface area contributed by atoms with Crippen molar-refractivity contribution in [3.63, 3.8) is 0 Å². The summed E-state index contributed by atoms with van der Waals surface area (Å²) in [4.78, 5) is 19.2. The van der Waals surface area contributed by atoms with Gasteiger partial charge in [0.1, 0.15) is 0 Å². The number of aromatic nitrogens is 4. The maximum absolute atomic E-state index is 5.15. The molecule has 48 heavy (non-hydrogen) atoms. The van der Waals surface area contributed by atoms with E-state index in [4.69, 9.17) is 9.97 Å². The molecule has 0 radical (unpaired) electrons. The first-order valence-electron chi connectivity index (χ1n) is 16.0. The van der Waals surface area contributed by atoms with Crippen LogP contribution in [0.15, 0.2) is 182 Å². The lowest BCUT2D eigenvalue weighted by Gasteiger charge is -2.14. The van der Waals surface area contributed by atoms with Crippen LogP contribution in [0.25, 0.3) is 78.7 Å². The minimum atomic E-state index is 0.693. The molecule has 3 aromatic heterocycles. The zero-order valence-corrected chi connectivity index (χ0v) is 26.1. The molecule has 0 aliphatic carbocycles. The molecule has 5 aromatic carbocycles. The molecule has 0 atom stereocenters. The molecule has 4 nitrogen and oxygen atoms in total. The van der Waals surface area contributed by atoms with Gasteiger partial charge in [-0.2, -0.15) is 0 Å². The minimum absolute atomic E-state index is 0.693. The molecule has 0 spiro atoms. The first kappa shape index (κ1) is 28.9. The summed E-state index contributed by atoms with van der Waals surface area (Å²) in [6.45, 7) is 0. The molecule has 0 amide bonds. The molecular weight excluding hydrogens is 585 g/mol. The van der Waals surface area contributed by atoms with E-state index >= 15 is 0 Å². The molecule has 0 saturated carbocycles. The summed E-state index contributed by atoms with van der Waals surface area (Å²) in [5.41, 5.74) is 13.3. The highest BCUT2D eigenvalue weighted by atomic mass is 14.9. The number of hydrogen-bond donors (Lipinski definition) is 0. The van der Waals surface area contributed by atoms with Crippen molar-refractivity contribution in [2.45, 2.75) is 0 Å². The summed E-state index contributed by atoms with van der Waals surface area (Å²) in [5, 5.41) is 0. The first-order chi connectivity index (χ1) is 23.8. The number of pyridine rings is 2. The summed E-state index contributed by atoms with van der Waals surface area (Å²) in [7, 11) is 0. The van der Waals surface area contributed by atoms with Crippen molar-refractivity contribution in [3.05, 3.63) is 182 Å². The van der Waals surface area contributed by atoms with E-state index in [-0.39, 0.29) is 0 Å². The summed E-state index contributed by atoms with van der Waals surface area (Å²) < 4.78 is 0. The van der Waals surface area contributed by atoms with Crippen molar-refractivity contribution >= 4 is 0 Å². The van der Waals surface area contributed by atoms with Crippen molar-refractivity contribution < 1.29 is 0 Å². The van der Waals surface area contributed by atoms with Crippen LogP contribution < -0.4 is 0 Å². The van der Waals surface area contributed by atoms with Gasteiger partial charge in [0, 0.05) is 40.2 Å². The van der Waals surface area contributed by atoms with E-state index in [2.05, 4.69) is 107 Å². The lowest BCUT2D eigenvalue weighted by atomic mass is 9.93. The van der Waals surface area contributed by atoms with Gasteiger partial charge in [-0.3, -0.25) is 9.97 Å². The topological polar surface area (TPSA) is 51.6 Å². The van der Waals surface area contributed by atoms with E-state index in [9.17, 15) is 0 Å². The van der Waals surface area contributed by atoms with E-state index in [1.165, 1.54) is 0 Å². The molecule has 8 aromatic rings. The third kappa shape index (κ3) is 6.15. The highest BCUT2D eigenvalue weighted by Crippen LogP contribution is 2.35. The van der Waals surface area contributed by atoms with Crippen molar-refractivity contribution in [3.8, 4) is 78.7 Å². The summed E-state index contributed by atoms with van der Waals surface area (Å²) in [6, 6.07) is 58.5. The predicted octanol–water partition coefficient (Wildman–Crippen LogP) is 10.9. The lowest BCUT2D eigenvalue weighted by molar-refractivity contribution is 1.18. The molecule has 4 heteroatoms. The molecule has 0 fully saturated rings. The molecule has 0 unspecified atom stereocenters. The zero-order chi connectivity index (χ0) is 32.1. The molecule has 0 N–H and O–H groups in total. The quantitative estimate of drug-likeness (QED) is 0.179. The molecule has 3 heterocycles. The second-order valence-corrected chi connectivity index (χ2v) is 11.6. The molecule has 0 aliphatic heterocycles. The van der Waals surface area contributed by atoms with E-state index in [0.29, 0.717) is 5.82 Å². The Bertz CT molecular complexity index is 2130. The summed E-state index contributed by atoms with van der Waals surface area (Å²) >= 11 is 0. The Morgan fingerprint density at radius 3 is 1.12 bits per heavy atom. The van der Waals surface area contributed by atoms with Gasteiger partial charge in [-0.15, -0.1) is 0 Å². The second-order valence-electron chi connectivity index (χ2n) is 11.6. The Balaban J connectivity index is 1.28. The standard InChI is InChI=1S/C44H30N4/c1-3-11-33(12-4-1)42-30-43(48-44(47-42)36-13-5-2-6-14-36)39-28-37(31-17-21-34(22-18-31)40-15-7-9-25-45-40)27-38(29-39)32-19-23-35(24-20-32)41-16-8-10-26-46-41/h1-30H. The smallest absolute Gasteiger partial charge is 0.160 e. The lowest BCUT2D eigenvalue weighted by Crippen LogP contribution is -1.96. The highest BCUT2D eigenvalue weighted by molar-refractivity contribution is 5.83. The van der Waals surface area contributed by atoms with Crippen molar-refractivity contribution in [1.29, 1.82) is 0 Å². The van der Waals surface area contributed by atoms with Gasteiger partial charge >= 0.3 is 0 Å². The number of benzene rings is 5. The van der Waals surface area contributed by atoms with Gasteiger partial charge in [-0.05, 0) is 70.8 Å². The summed E-state index contributed by atoms with van der Waals surface area (Å²) in [6.07, 6.45) is 3.65. The molecule has 8 rings (SSSR count). The van der Waals surface area contributed by atoms with Crippen LogP contribution in [-0.2, 0) is 0 Å². The van der Waals surface area contributed by atoms with E-state index in [1.54, 1.807) is 0 Å². The molecule has 0 bridgehead atoms. The maximum atomic E-state index is 5.15. The minimum Gasteiger partial charge on any atom is -0.256 e. The molecule has 226 valence electrons. The Morgan fingerprint density at radius 1 is 0.250 bits per heavy atom. The van der Waals surface area contributed by atoms with Gasteiger partial charge in [0.05, 0.1) is 22.8 Å². The van der Waals surface area contributed by atoms with Crippen LogP contribution in [0, 0.1) is 0 Å². The maximum Gasteiger partial charge on any atom is 0.160 e. The van der Waals surface area contributed by atoms with Crippen molar-refractivity contribution in [1.82, 2.24) is 19.9 Å². The largest absolute Gasteiger partial charge is 0.256 e. The number of rotatable bonds is 7. The number of nitrogens with zero attached hydrogens (tertiary/aromatic N) is 4. The van der Waals surface area contributed by atoms with Crippen LogP contribution in [0.5, 0.6) is 0 Å². The van der Waals surface area contributed by atoms with E-state index in [0.717, 1.165) is 72.8 Å². The fourth-order valence-corrected chi connectivity index (χ4v) is 5.91. The van der Waals surface area contributed by atoms with Crippen LogP contribution in [-0.4, -0.2) is 19.9 Å². The first-order valence-corrected chi connectivity index (χ1v) is 16.0. The van der Waals surface area contributed by atoms with Gasteiger partial charge in [0.2, 0.25) is 0 Å². The Labute approximate surface area is 280 Å². The van der Waals surface area contributed by atoms with Crippen molar-refractivity contribution in [2.24, 2.45) is 0 Å². The van der Waals surface area contributed by atoms with Crippen LogP contribution in [0.1, 0.15) is 0 Å². The molecule has 0 aliphatic rings. The van der Waals surface area contributed by atoms with Gasteiger partial charge in [-0.1, -0.05) is 121 Å². The average molecular weight is 615 g/mol. The van der Waals surface area contributed by atoms with Crippen molar-refractivity contribution in [2.75, 3.05) is 0 Å². The zero-order valence-electron chi connectivity index (χ0n) is 26.1. The predicted molar refractivity (Wildman–Crippen MR) is 196 cm³/mol. The highest BCUT2D eigenvalue weighted by Gasteiger charge is 2.14. The Kier molecular flexibility index (Phi) is 7.87. The van der Waals surface area contributed by atoms with Gasteiger partial charge in [0.15, 0.2) is 5.82 Å². The van der Waals surface area contributed by atoms with E-state index in [1.807, 2.05) is 85.2 Å². The van der Waals surface area contributed by atoms with Crippen LogP contribution >= 0.6 is 0 Å².